The predicted molar refractivity (Wildman–Crippen MR) is 143 cm³/mol. The number of imide groups is 1. The number of phenolic OH excluding ortho intramolecular Hbond substituents is 1. The van der Waals surface area contributed by atoms with E-state index in [0.717, 1.165) is 5.57 Å². The van der Waals surface area contributed by atoms with Gasteiger partial charge in [0, 0.05) is 23.1 Å². The van der Waals surface area contributed by atoms with Crippen LogP contribution in [-0.4, -0.2) is 35.1 Å². The molecule has 0 bridgehead atoms. The number of carbonyl (C=O) groups is 4. The molecule has 2 aromatic carbocycles. The van der Waals surface area contributed by atoms with Crippen LogP contribution in [0, 0.1) is 17.8 Å². The molecule has 1 aliphatic heterocycles. The number of benzene rings is 2. The Morgan fingerprint density at radius 3 is 2.53 bits per heavy atom. The number of halogens is 1. The van der Waals surface area contributed by atoms with Crippen LogP contribution in [0.4, 0.5) is 5.69 Å². The summed E-state index contributed by atoms with van der Waals surface area (Å²) < 4.78 is 5.79. The van der Waals surface area contributed by atoms with Crippen LogP contribution in [0.15, 0.2) is 81.9 Å². The van der Waals surface area contributed by atoms with Gasteiger partial charge >= 0.3 is 0 Å². The number of carbonyl (C=O) groups excluding carboxylic acids is 4. The first-order chi connectivity index (χ1) is 18.3. The average Bonchev–Trinajstić information content (AvgIpc) is 3.17. The second-order valence-electron chi connectivity index (χ2n) is 9.90. The number of anilines is 1. The molecular formula is C30H24BrNO6. The molecular weight excluding hydrogens is 550 g/mol. The highest BCUT2D eigenvalue weighted by atomic mass is 79.9. The number of fused-ring (bicyclic) bond motifs is 3. The van der Waals surface area contributed by atoms with Gasteiger partial charge in [0.25, 0.3) is 0 Å². The number of Topliss-reactive ketones (excluding diaryl/α,β-unsaturated/α-hetero) is 1. The normalized spacial score (nSPS) is 26.5. The molecule has 3 aliphatic carbocycles. The summed E-state index contributed by atoms with van der Waals surface area (Å²) >= 11 is 3.24. The Morgan fingerprint density at radius 1 is 1.03 bits per heavy atom. The minimum absolute atomic E-state index is 0.0291. The number of phenols is 1. The van der Waals surface area contributed by atoms with Crippen LogP contribution in [0.5, 0.6) is 11.5 Å². The highest BCUT2D eigenvalue weighted by Crippen LogP contribution is 2.56. The van der Waals surface area contributed by atoms with Crippen LogP contribution in [-0.2, 0) is 19.2 Å². The van der Waals surface area contributed by atoms with Crippen molar-refractivity contribution in [3.05, 3.63) is 87.4 Å². The number of allylic oxidation sites excluding steroid dienone is 6. The number of ether oxygens (including phenoxy) is 1. The maximum absolute atomic E-state index is 13.8. The first-order valence-corrected chi connectivity index (χ1v) is 13.4. The Balaban J connectivity index is 1.50. The molecule has 0 radical (unpaired) electrons. The van der Waals surface area contributed by atoms with Crippen molar-refractivity contribution in [3.8, 4) is 11.5 Å². The molecule has 1 fully saturated rings. The van der Waals surface area contributed by atoms with Gasteiger partial charge in [0.05, 0.1) is 28.6 Å². The summed E-state index contributed by atoms with van der Waals surface area (Å²) in [6.07, 6.45) is 3.83. The fraction of sp³-hybridized carbons (Fsp3) is 0.267. The first kappa shape index (κ1) is 24.6. The van der Waals surface area contributed by atoms with E-state index in [9.17, 15) is 24.3 Å². The lowest BCUT2D eigenvalue weighted by Gasteiger charge is -2.42. The van der Waals surface area contributed by atoms with Gasteiger partial charge in [-0.25, -0.2) is 0 Å². The lowest BCUT2D eigenvalue weighted by molar-refractivity contribution is -0.123. The van der Waals surface area contributed by atoms with Gasteiger partial charge in [0.2, 0.25) is 11.8 Å². The zero-order chi connectivity index (χ0) is 26.7. The Kier molecular flexibility index (Phi) is 5.94. The van der Waals surface area contributed by atoms with Crippen molar-refractivity contribution in [2.24, 2.45) is 17.8 Å². The highest BCUT2D eigenvalue weighted by molar-refractivity contribution is 9.12. The van der Waals surface area contributed by atoms with Gasteiger partial charge in [-0.1, -0.05) is 35.9 Å². The molecule has 38 heavy (non-hydrogen) atoms. The van der Waals surface area contributed by atoms with Crippen molar-refractivity contribution in [2.75, 3.05) is 11.5 Å². The number of rotatable bonds is 4. The van der Waals surface area contributed by atoms with Crippen LogP contribution in [0.25, 0.3) is 0 Å². The van der Waals surface area contributed by atoms with E-state index in [-0.39, 0.29) is 45.8 Å². The summed E-state index contributed by atoms with van der Waals surface area (Å²) in [6, 6.07) is 13.8. The van der Waals surface area contributed by atoms with E-state index in [1.807, 2.05) is 12.1 Å². The molecule has 4 atom stereocenters. The predicted octanol–water partition coefficient (Wildman–Crippen LogP) is 4.76. The second kappa shape index (κ2) is 9.20. The summed E-state index contributed by atoms with van der Waals surface area (Å²) in [5.41, 5.74) is 2.80. The summed E-state index contributed by atoms with van der Waals surface area (Å²) in [7, 11) is 0. The van der Waals surface area contributed by atoms with Crippen LogP contribution in [0.3, 0.4) is 0 Å². The molecule has 0 unspecified atom stereocenters. The molecule has 1 saturated heterocycles. The number of amides is 2. The maximum atomic E-state index is 13.8. The largest absolute Gasteiger partial charge is 0.504 e. The topological polar surface area (TPSA) is 101 Å². The SMILES string of the molecule is CCOc1cc([C@H]2C3=CC[C@@H]4C(=O)N(c5ccccc5)C(=O)[C@@H]4[C@@H]3CC3=C2C(=O)C=C(Br)C3=O)ccc1O. The quantitative estimate of drug-likeness (QED) is 0.321. The van der Waals surface area contributed by atoms with Gasteiger partial charge in [-0.2, -0.15) is 0 Å². The van der Waals surface area contributed by atoms with Gasteiger partial charge in [-0.3, -0.25) is 24.1 Å². The Labute approximate surface area is 227 Å². The minimum Gasteiger partial charge on any atom is -0.504 e. The van der Waals surface area contributed by atoms with Gasteiger partial charge in [0.1, 0.15) is 0 Å². The van der Waals surface area contributed by atoms with Crippen molar-refractivity contribution < 1.29 is 29.0 Å². The monoisotopic (exact) mass is 573 g/mol. The van der Waals surface area contributed by atoms with E-state index in [1.54, 1.807) is 43.3 Å². The molecule has 2 aromatic rings. The van der Waals surface area contributed by atoms with Crippen molar-refractivity contribution >= 4 is 45.0 Å². The van der Waals surface area contributed by atoms with Gasteiger partial charge in [0.15, 0.2) is 23.1 Å². The highest BCUT2D eigenvalue weighted by Gasteiger charge is 2.56. The smallest absolute Gasteiger partial charge is 0.238 e. The summed E-state index contributed by atoms with van der Waals surface area (Å²) in [5.74, 6) is -3.05. The Morgan fingerprint density at radius 2 is 1.79 bits per heavy atom. The summed E-state index contributed by atoms with van der Waals surface area (Å²) in [5, 5.41) is 10.3. The molecule has 4 aliphatic rings. The summed E-state index contributed by atoms with van der Waals surface area (Å²) in [4.78, 5) is 55.2. The number of nitrogens with zero attached hydrogens (tertiary/aromatic N) is 1. The fourth-order valence-corrected chi connectivity index (χ4v) is 6.85. The van der Waals surface area contributed by atoms with Crippen LogP contribution < -0.4 is 9.64 Å². The lowest BCUT2D eigenvalue weighted by Crippen LogP contribution is -2.39. The van der Waals surface area contributed by atoms with Gasteiger partial charge in [-0.05, 0) is 71.4 Å². The van der Waals surface area contributed by atoms with Gasteiger partial charge < -0.3 is 9.84 Å². The maximum Gasteiger partial charge on any atom is 0.238 e. The van der Waals surface area contributed by atoms with Crippen LogP contribution in [0.2, 0.25) is 0 Å². The van der Waals surface area contributed by atoms with Crippen molar-refractivity contribution in [1.29, 1.82) is 0 Å². The standard InChI is InChI=1S/C30H24BrNO6/c1-2-38-24-12-15(8-11-22(24)33)25-17-9-10-18-26(30(37)32(29(18)36)16-6-4-3-5-7-16)19(17)13-20-27(25)23(34)14-21(31)28(20)35/h3-9,11-12,14,18-19,25-26,33H,2,10,13H2,1H3/t18-,19+,25-,26-/m0/s1. The molecule has 0 saturated carbocycles. The lowest BCUT2D eigenvalue weighted by atomic mass is 9.59. The van der Waals surface area contributed by atoms with Gasteiger partial charge in [-0.15, -0.1) is 0 Å². The molecule has 6 rings (SSSR count). The molecule has 8 heteroatoms. The van der Waals surface area contributed by atoms with E-state index in [4.69, 9.17) is 4.74 Å². The molecule has 192 valence electrons. The third kappa shape index (κ3) is 3.61. The zero-order valence-electron chi connectivity index (χ0n) is 20.5. The van der Waals surface area contributed by atoms with E-state index in [1.165, 1.54) is 17.0 Å². The summed E-state index contributed by atoms with van der Waals surface area (Å²) in [6.45, 7) is 2.14. The fourth-order valence-electron chi connectivity index (χ4n) is 6.40. The van der Waals surface area contributed by atoms with Crippen LogP contribution in [0.1, 0.15) is 31.2 Å². The van der Waals surface area contributed by atoms with E-state index < -0.39 is 23.7 Å². The number of para-hydroxylation sites is 1. The number of hydrogen-bond acceptors (Lipinski definition) is 6. The third-order valence-electron chi connectivity index (χ3n) is 7.96. The number of ketones is 2. The second-order valence-corrected chi connectivity index (χ2v) is 10.8. The number of aromatic hydroxyl groups is 1. The van der Waals surface area contributed by atoms with Crippen LogP contribution >= 0.6 is 15.9 Å². The van der Waals surface area contributed by atoms with E-state index >= 15 is 0 Å². The molecule has 2 amide bonds. The molecule has 1 N–H and O–H groups in total. The van der Waals surface area contributed by atoms with E-state index in [2.05, 4.69) is 15.9 Å². The van der Waals surface area contributed by atoms with Crippen molar-refractivity contribution in [2.45, 2.75) is 25.7 Å². The molecule has 0 aromatic heterocycles. The molecule has 7 nitrogen and oxygen atoms in total. The first-order valence-electron chi connectivity index (χ1n) is 12.6. The van der Waals surface area contributed by atoms with Crippen molar-refractivity contribution in [1.82, 2.24) is 0 Å². The van der Waals surface area contributed by atoms with Crippen molar-refractivity contribution in [3.63, 3.8) is 0 Å². The average molecular weight is 574 g/mol. The molecule has 1 heterocycles. The Hall–Kier alpha value is -3.78. The number of hydrogen-bond donors (Lipinski definition) is 1. The Bertz CT molecular complexity index is 1500. The third-order valence-corrected chi connectivity index (χ3v) is 8.55. The van der Waals surface area contributed by atoms with E-state index in [0.29, 0.717) is 35.4 Å². The zero-order valence-corrected chi connectivity index (χ0v) is 22.1. The molecule has 0 spiro atoms. The minimum atomic E-state index is -0.643.